The number of carboxylic acid groups (broad SMARTS) is 1. The molecular weight excluding hydrogens is 416 g/mol. The molecule has 0 aromatic heterocycles. The molecule has 0 saturated heterocycles. The molecule has 1 aromatic carbocycles. The van der Waals surface area contributed by atoms with Crippen LogP contribution in [-0.4, -0.2) is 28.8 Å². The second-order valence-corrected chi connectivity index (χ2v) is 8.99. The molecule has 0 aliphatic heterocycles. The van der Waals surface area contributed by atoms with Crippen molar-refractivity contribution in [3.8, 4) is 0 Å². The molecule has 0 radical (unpaired) electrons. The molecule has 33 heavy (non-hydrogen) atoms. The molecule has 0 spiro atoms. The zero-order valence-electron chi connectivity index (χ0n) is 20.6. The van der Waals surface area contributed by atoms with Crippen molar-refractivity contribution >= 4 is 17.7 Å². The van der Waals surface area contributed by atoms with Gasteiger partial charge in [-0.25, -0.2) is 5.43 Å². The first kappa shape index (κ1) is 28.8. The van der Waals surface area contributed by atoms with Gasteiger partial charge >= 0.3 is 5.97 Å². The van der Waals surface area contributed by atoms with Crippen LogP contribution in [0, 0.1) is 5.92 Å². The summed E-state index contributed by atoms with van der Waals surface area (Å²) in [7, 11) is 0. The maximum absolute atomic E-state index is 11.7. The average Bonchev–Trinajstić information content (AvgIpc) is 2.81. The van der Waals surface area contributed by atoms with Crippen molar-refractivity contribution in [1.82, 2.24) is 10.9 Å². The van der Waals surface area contributed by atoms with E-state index < -0.39 is 12.0 Å². The van der Waals surface area contributed by atoms with Gasteiger partial charge in [0.2, 0.25) is 5.91 Å². The number of rotatable bonds is 16. The van der Waals surface area contributed by atoms with Crippen LogP contribution in [0.25, 0.3) is 0 Å². The number of amides is 1. The van der Waals surface area contributed by atoms with Crippen LogP contribution in [0.4, 0.5) is 0 Å². The van der Waals surface area contributed by atoms with E-state index in [-0.39, 0.29) is 5.91 Å². The first-order chi connectivity index (χ1) is 16.0. The molecule has 2 atom stereocenters. The lowest BCUT2D eigenvalue weighted by Crippen LogP contribution is -2.49. The minimum atomic E-state index is -0.978. The number of carbonyl (C=O) groups excluding carboxylic acids is 2. The summed E-state index contributed by atoms with van der Waals surface area (Å²) in [6, 6.07) is 8.53. The second-order valence-electron chi connectivity index (χ2n) is 8.99. The number of benzene rings is 1. The summed E-state index contributed by atoms with van der Waals surface area (Å²) in [5, 5.41) is 9.23. The molecule has 1 fully saturated rings. The van der Waals surface area contributed by atoms with Gasteiger partial charge in [0, 0.05) is 25.2 Å². The molecule has 2 rings (SSSR count). The van der Waals surface area contributed by atoms with Crippen LogP contribution in [0.3, 0.4) is 0 Å². The Morgan fingerprint density at radius 1 is 0.970 bits per heavy atom. The molecule has 1 saturated carbocycles. The van der Waals surface area contributed by atoms with Gasteiger partial charge in [-0.05, 0) is 24.8 Å². The Balaban J connectivity index is 0.000000451. The second kappa shape index (κ2) is 18.2. The maximum atomic E-state index is 11.7. The highest BCUT2D eigenvalue weighted by atomic mass is 16.4. The number of hydrazine groups is 1. The van der Waals surface area contributed by atoms with E-state index in [0.29, 0.717) is 24.5 Å². The summed E-state index contributed by atoms with van der Waals surface area (Å²) >= 11 is 0. The van der Waals surface area contributed by atoms with Crippen LogP contribution in [0.1, 0.15) is 103 Å². The number of carbonyl (C=O) groups is 3. The zero-order chi connectivity index (χ0) is 24.3. The molecule has 1 aliphatic rings. The van der Waals surface area contributed by atoms with Crippen molar-refractivity contribution in [1.29, 1.82) is 0 Å². The monoisotopic (exact) mass is 460 g/mol. The zero-order valence-corrected chi connectivity index (χ0v) is 20.6. The molecular formula is C27H44N2O4. The third-order valence-corrected chi connectivity index (χ3v) is 6.07. The first-order valence-corrected chi connectivity index (χ1v) is 12.8. The molecule has 0 bridgehead atoms. The lowest BCUT2D eigenvalue weighted by molar-refractivity contribution is -0.140. The first-order valence-electron chi connectivity index (χ1n) is 12.8. The molecule has 2 unspecified atom stereocenters. The van der Waals surface area contributed by atoms with Gasteiger partial charge in [0.1, 0.15) is 11.8 Å². The molecule has 186 valence electrons. The van der Waals surface area contributed by atoms with Gasteiger partial charge in [0.05, 0.1) is 0 Å². The van der Waals surface area contributed by atoms with Gasteiger partial charge in [0.25, 0.3) is 0 Å². The Morgan fingerprint density at radius 2 is 1.61 bits per heavy atom. The Bertz CT molecular complexity index is 678. The standard InChI is InChI=1S/C18H28N2O3.C9H16O/c1-2-3-4-5-6-10-13-17(21)20-19-16(18(22)23)14-15-11-8-7-9-12-15;1-2-3-4-5-8-6-7-9(8)10/h7-9,11-12,16,19H,2-6,10,13-14H2,1H3,(H,20,21)(H,22,23);8H,2-7H2,1H3. The molecule has 0 heterocycles. The summed E-state index contributed by atoms with van der Waals surface area (Å²) in [6.45, 7) is 4.37. The Labute approximate surface area is 199 Å². The van der Waals surface area contributed by atoms with Gasteiger partial charge in [-0.2, -0.15) is 0 Å². The summed E-state index contributed by atoms with van der Waals surface area (Å²) in [5.74, 6) is -0.156. The predicted molar refractivity (Wildman–Crippen MR) is 133 cm³/mol. The van der Waals surface area contributed by atoms with Crippen molar-refractivity contribution in [3.63, 3.8) is 0 Å². The number of hydrogen-bond donors (Lipinski definition) is 3. The van der Waals surface area contributed by atoms with Crippen molar-refractivity contribution < 1.29 is 19.5 Å². The summed E-state index contributed by atoms with van der Waals surface area (Å²) < 4.78 is 0. The fourth-order valence-electron chi connectivity index (χ4n) is 3.76. The fourth-order valence-corrected chi connectivity index (χ4v) is 3.76. The van der Waals surface area contributed by atoms with Crippen LogP contribution in [0.5, 0.6) is 0 Å². The largest absolute Gasteiger partial charge is 0.480 e. The van der Waals surface area contributed by atoms with E-state index >= 15 is 0 Å². The van der Waals surface area contributed by atoms with Crippen LogP contribution in [-0.2, 0) is 20.8 Å². The van der Waals surface area contributed by atoms with E-state index in [0.717, 1.165) is 37.7 Å². The van der Waals surface area contributed by atoms with Crippen LogP contribution in [0.15, 0.2) is 30.3 Å². The third-order valence-electron chi connectivity index (χ3n) is 6.07. The van der Waals surface area contributed by atoms with Crippen molar-refractivity contribution in [2.24, 2.45) is 5.92 Å². The van der Waals surface area contributed by atoms with E-state index in [1.165, 1.54) is 44.9 Å². The van der Waals surface area contributed by atoms with Crippen LogP contribution >= 0.6 is 0 Å². The van der Waals surface area contributed by atoms with E-state index in [9.17, 15) is 19.5 Å². The number of unbranched alkanes of at least 4 members (excludes halogenated alkanes) is 7. The SMILES string of the molecule is CCCCCC1CCC1=O.CCCCCCCCC(=O)NNC(Cc1ccccc1)C(=O)O. The number of Topliss-reactive ketones (excluding diaryl/α,β-unsaturated/α-hetero) is 1. The number of hydrogen-bond acceptors (Lipinski definition) is 4. The highest BCUT2D eigenvalue weighted by Gasteiger charge is 2.26. The van der Waals surface area contributed by atoms with Crippen molar-refractivity contribution in [2.75, 3.05) is 0 Å². The van der Waals surface area contributed by atoms with E-state index in [1.807, 2.05) is 30.3 Å². The number of nitrogens with one attached hydrogen (secondary N) is 2. The highest BCUT2D eigenvalue weighted by Crippen LogP contribution is 2.27. The normalized spacial score (nSPS) is 15.7. The fraction of sp³-hybridized carbons (Fsp3) is 0.667. The van der Waals surface area contributed by atoms with E-state index in [2.05, 4.69) is 24.7 Å². The quantitative estimate of drug-likeness (QED) is 0.220. The Kier molecular flexibility index (Phi) is 15.9. The number of aliphatic carboxylic acids is 1. The number of ketones is 1. The van der Waals surface area contributed by atoms with Gasteiger partial charge < -0.3 is 5.11 Å². The molecule has 3 N–H and O–H groups in total. The van der Waals surface area contributed by atoms with Gasteiger partial charge in [0.15, 0.2) is 0 Å². The van der Waals surface area contributed by atoms with Crippen molar-refractivity contribution in [2.45, 2.75) is 110 Å². The summed E-state index contributed by atoms with van der Waals surface area (Å²) in [4.78, 5) is 33.8. The molecule has 6 heteroatoms. The van der Waals surface area contributed by atoms with Gasteiger partial charge in [-0.15, -0.1) is 0 Å². The van der Waals surface area contributed by atoms with Crippen LogP contribution in [0.2, 0.25) is 0 Å². The average molecular weight is 461 g/mol. The molecule has 1 aliphatic carbocycles. The van der Waals surface area contributed by atoms with Crippen molar-refractivity contribution in [3.05, 3.63) is 35.9 Å². The van der Waals surface area contributed by atoms with E-state index in [1.54, 1.807) is 0 Å². The lowest BCUT2D eigenvalue weighted by atomic mass is 9.80. The minimum absolute atomic E-state index is 0.153. The third kappa shape index (κ3) is 13.8. The molecule has 1 aromatic rings. The summed E-state index contributed by atoms with van der Waals surface area (Å²) in [6.07, 6.45) is 14.5. The lowest BCUT2D eigenvalue weighted by Gasteiger charge is -2.23. The van der Waals surface area contributed by atoms with Gasteiger partial charge in [-0.1, -0.05) is 95.5 Å². The molecule has 6 nitrogen and oxygen atoms in total. The topological polar surface area (TPSA) is 95.5 Å². The Hall–Kier alpha value is -2.21. The van der Waals surface area contributed by atoms with Gasteiger partial charge in [-0.3, -0.25) is 19.8 Å². The Morgan fingerprint density at radius 3 is 2.18 bits per heavy atom. The summed E-state index contributed by atoms with van der Waals surface area (Å²) in [5.41, 5.74) is 6.06. The molecule has 1 amide bonds. The highest BCUT2D eigenvalue weighted by molar-refractivity contribution is 5.86. The smallest absolute Gasteiger partial charge is 0.322 e. The van der Waals surface area contributed by atoms with E-state index in [4.69, 9.17) is 0 Å². The predicted octanol–water partition coefficient (Wildman–Crippen LogP) is 5.60. The maximum Gasteiger partial charge on any atom is 0.322 e. The van der Waals surface area contributed by atoms with Crippen LogP contribution < -0.4 is 10.9 Å². The minimum Gasteiger partial charge on any atom is -0.480 e. The number of carboxylic acids is 1.